The lowest BCUT2D eigenvalue weighted by Crippen LogP contribution is -2.14. The molecule has 0 aliphatic rings. The minimum atomic E-state index is -0.581. The van der Waals surface area contributed by atoms with Crippen LogP contribution in [-0.4, -0.2) is 20.7 Å². The zero-order valence-corrected chi connectivity index (χ0v) is 9.92. The maximum atomic E-state index is 11.1. The Morgan fingerprint density at radius 2 is 2.28 bits per heavy atom. The number of aromatic nitrogens is 3. The number of hydrogen-bond acceptors (Lipinski definition) is 5. The molecule has 0 aliphatic carbocycles. The average Bonchev–Trinajstić information content (AvgIpc) is 2.79. The number of amides is 1. The lowest BCUT2D eigenvalue weighted by molar-refractivity contribution is 0.100. The summed E-state index contributed by atoms with van der Waals surface area (Å²) in [5.41, 5.74) is 12.1. The molecule has 0 radical (unpaired) electrons. The summed E-state index contributed by atoms with van der Waals surface area (Å²) in [5.74, 6) is -0.0872. The second-order valence-corrected chi connectivity index (χ2v) is 3.73. The maximum Gasteiger partial charge on any atom is 0.250 e. The van der Waals surface area contributed by atoms with Crippen LogP contribution in [0.2, 0.25) is 0 Å². The molecule has 0 bridgehead atoms. The predicted molar refractivity (Wildman–Crippen MR) is 68.4 cm³/mol. The number of nitrogens with two attached hydrogens (primary N) is 2. The van der Waals surface area contributed by atoms with E-state index in [1.807, 2.05) is 13.1 Å². The van der Waals surface area contributed by atoms with Crippen molar-refractivity contribution in [2.75, 3.05) is 11.1 Å². The van der Waals surface area contributed by atoms with Gasteiger partial charge in [0.15, 0.2) is 0 Å². The van der Waals surface area contributed by atoms with Gasteiger partial charge in [-0.25, -0.2) is 4.98 Å². The van der Waals surface area contributed by atoms with E-state index in [9.17, 15) is 4.79 Å². The largest absolute Gasteiger partial charge is 0.397 e. The van der Waals surface area contributed by atoms with E-state index in [2.05, 4.69) is 15.4 Å². The van der Waals surface area contributed by atoms with Gasteiger partial charge in [-0.1, -0.05) is 0 Å². The van der Waals surface area contributed by atoms with Crippen LogP contribution < -0.4 is 16.8 Å². The fraction of sp³-hybridized carbons (Fsp3) is 0.182. The van der Waals surface area contributed by atoms with Crippen molar-refractivity contribution in [1.82, 2.24) is 14.8 Å². The van der Waals surface area contributed by atoms with Gasteiger partial charge in [0.05, 0.1) is 29.3 Å². The van der Waals surface area contributed by atoms with Crippen LogP contribution in [0.3, 0.4) is 0 Å². The van der Waals surface area contributed by atoms with Crippen LogP contribution in [0.4, 0.5) is 17.2 Å². The molecule has 1 amide bonds. The Bertz CT molecular complexity index is 577. The number of hydrogen-bond donors (Lipinski definition) is 3. The summed E-state index contributed by atoms with van der Waals surface area (Å²) in [7, 11) is 0. The Labute approximate surface area is 104 Å². The van der Waals surface area contributed by atoms with Crippen molar-refractivity contribution in [2.45, 2.75) is 13.5 Å². The molecule has 0 fully saturated rings. The normalized spacial score (nSPS) is 10.3. The van der Waals surface area contributed by atoms with E-state index >= 15 is 0 Å². The van der Waals surface area contributed by atoms with Crippen molar-refractivity contribution in [3.8, 4) is 0 Å². The van der Waals surface area contributed by atoms with E-state index in [0.717, 1.165) is 12.2 Å². The van der Waals surface area contributed by atoms with E-state index < -0.39 is 5.91 Å². The zero-order valence-electron chi connectivity index (χ0n) is 9.92. The van der Waals surface area contributed by atoms with Crippen molar-refractivity contribution in [3.63, 3.8) is 0 Å². The molecule has 0 atom stereocenters. The molecule has 94 valence electrons. The first kappa shape index (κ1) is 11.9. The van der Waals surface area contributed by atoms with E-state index in [1.54, 1.807) is 10.9 Å². The van der Waals surface area contributed by atoms with Crippen LogP contribution in [0.1, 0.15) is 17.3 Å². The Balaban J connectivity index is 2.24. The number of anilines is 3. The molecule has 0 unspecified atom stereocenters. The fourth-order valence-electron chi connectivity index (χ4n) is 1.50. The molecule has 0 saturated heterocycles. The number of primary amides is 1. The number of carbonyl (C=O) groups is 1. The first-order valence-corrected chi connectivity index (χ1v) is 5.45. The highest BCUT2D eigenvalue weighted by Gasteiger charge is 2.08. The number of aryl methyl sites for hydroxylation is 1. The van der Waals surface area contributed by atoms with Gasteiger partial charge in [-0.3, -0.25) is 9.48 Å². The van der Waals surface area contributed by atoms with Crippen LogP contribution in [0.15, 0.2) is 24.7 Å². The second-order valence-electron chi connectivity index (χ2n) is 3.73. The first-order valence-electron chi connectivity index (χ1n) is 5.45. The molecule has 0 aromatic carbocycles. The molecule has 2 aromatic heterocycles. The maximum absolute atomic E-state index is 11.1. The first-order chi connectivity index (χ1) is 8.60. The van der Waals surface area contributed by atoms with Crippen LogP contribution in [0, 0.1) is 0 Å². The Morgan fingerprint density at radius 3 is 2.89 bits per heavy atom. The van der Waals surface area contributed by atoms with Crippen LogP contribution in [0.5, 0.6) is 0 Å². The summed E-state index contributed by atoms with van der Waals surface area (Å²) >= 11 is 0. The van der Waals surface area contributed by atoms with E-state index in [1.165, 1.54) is 12.3 Å². The van der Waals surface area contributed by atoms with Gasteiger partial charge in [0.25, 0.3) is 5.91 Å². The van der Waals surface area contributed by atoms with Crippen molar-refractivity contribution >= 4 is 23.1 Å². The molecule has 0 aliphatic heterocycles. The Morgan fingerprint density at radius 1 is 1.50 bits per heavy atom. The van der Waals surface area contributed by atoms with Crippen molar-refractivity contribution in [1.29, 1.82) is 0 Å². The summed E-state index contributed by atoms with van der Waals surface area (Å²) in [6, 6.07) is 1.51. The van der Waals surface area contributed by atoms with Crippen LogP contribution in [0.25, 0.3) is 0 Å². The Hall–Kier alpha value is -2.57. The van der Waals surface area contributed by atoms with Gasteiger partial charge >= 0.3 is 0 Å². The molecule has 18 heavy (non-hydrogen) atoms. The van der Waals surface area contributed by atoms with Crippen LogP contribution in [-0.2, 0) is 6.54 Å². The second kappa shape index (κ2) is 4.74. The lowest BCUT2D eigenvalue weighted by atomic mass is 10.2. The highest BCUT2D eigenvalue weighted by Crippen LogP contribution is 2.18. The molecule has 7 nitrogen and oxygen atoms in total. The topological polar surface area (TPSA) is 112 Å². The lowest BCUT2D eigenvalue weighted by Gasteiger charge is -2.06. The predicted octanol–water partition coefficient (Wildman–Crippen LogP) is 0.723. The molecular weight excluding hydrogens is 232 g/mol. The molecule has 2 aromatic rings. The molecular formula is C11H14N6O. The van der Waals surface area contributed by atoms with Gasteiger partial charge in [-0.15, -0.1) is 0 Å². The van der Waals surface area contributed by atoms with E-state index in [4.69, 9.17) is 11.5 Å². The minimum Gasteiger partial charge on any atom is -0.397 e. The SMILES string of the molecule is CCn1cc(Nc2cc(C(N)=O)c(N)cn2)cn1. The summed E-state index contributed by atoms with van der Waals surface area (Å²) in [4.78, 5) is 15.2. The molecule has 7 heteroatoms. The van der Waals surface area contributed by atoms with Gasteiger partial charge < -0.3 is 16.8 Å². The summed E-state index contributed by atoms with van der Waals surface area (Å²) in [6.45, 7) is 2.77. The zero-order chi connectivity index (χ0) is 13.1. The fourth-order valence-corrected chi connectivity index (χ4v) is 1.50. The van der Waals surface area contributed by atoms with Gasteiger partial charge in [0.1, 0.15) is 5.82 Å². The third kappa shape index (κ3) is 2.40. The third-order valence-corrected chi connectivity index (χ3v) is 2.43. The van der Waals surface area contributed by atoms with Gasteiger partial charge in [-0.2, -0.15) is 5.10 Å². The highest BCUT2D eigenvalue weighted by atomic mass is 16.1. The average molecular weight is 246 g/mol. The quantitative estimate of drug-likeness (QED) is 0.736. The number of nitrogens with zero attached hydrogens (tertiary/aromatic N) is 3. The van der Waals surface area contributed by atoms with E-state index in [-0.39, 0.29) is 11.3 Å². The Kier molecular flexibility index (Phi) is 3.13. The summed E-state index contributed by atoms with van der Waals surface area (Å²) in [6.07, 6.45) is 4.90. The number of nitrogen functional groups attached to an aromatic ring is 1. The summed E-state index contributed by atoms with van der Waals surface area (Å²) < 4.78 is 1.77. The molecule has 2 heterocycles. The van der Waals surface area contributed by atoms with Crippen molar-refractivity contribution < 1.29 is 4.79 Å². The van der Waals surface area contributed by atoms with Crippen LogP contribution >= 0.6 is 0 Å². The van der Waals surface area contributed by atoms with Crippen molar-refractivity contribution in [2.24, 2.45) is 5.73 Å². The molecule has 2 rings (SSSR count). The number of rotatable bonds is 4. The van der Waals surface area contributed by atoms with Crippen molar-refractivity contribution in [3.05, 3.63) is 30.2 Å². The van der Waals surface area contributed by atoms with E-state index in [0.29, 0.717) is 5.82 Å². The standard InChI is InChI=1S/C11H14N6O/c1-2-17-6-7(4-15-17)16-10-3-8(11(13)18)9(12)5-14-10/h3-6H,2,12H2,1H3,(H2,13,18)(H,14,16). The summed E-state index contributed by atoms with van der Waals surface area (Å²) in [5, 5.41) is 7.14. The third-order valence-electron chi connectivity index (χ3n) is 2.43. The smallest absolute Gasteiger partial charge is 0.250 e. The molecule has 0 saturated carbocycles. The highest BCUT2D eigenvalue weighted by molar-refractivity contribution is 5.98. The van der Waals surface area contributed by atoms with Gasteiger partial charge in [-0.05, 0) is 13.0 Å². The number of carbonyl (C=O) groups excluding carboxylic acids is 1. The molecule has 0 spiro atoms. The number of pyridine rings is 1. The van der Waals surface area contributed by atoms with Gasteiger partial charge in [0.2, 0.25) is 0 Å². The van der Waals surface area contributed by atoms with Gasteiger partial charge in [0, 0.05) is 12.7 Å². The number of nitrogens with one attached hydrogen (secondary N) is 1. The monoisotopic (exact) mass is 246 g/mol. The molecule has 5 N–H and O–H groups in total. The minimum absolute atomic E-state index is 0.246.